The first-order chi connectivity index (χ1) is 8.54. The van der Waals surface area contributed by atoms with Gasteiger partial charge in [-0.2, -0.15) is 4.98 Å². The number of carbonyl (C=O) groups is 1. The summed E-state index contributed by atoms with van der Waals surface area (Å²) in [7, 11) is 0. The Labute approximate surface area is 105 Å². The van der Waals surface area contributed by atoms with Crippen molar-refractivity contribution in [3.63, 3.8) is 0 Å². The summed E-state index contributed by atoms with van der Waals surface area (Å²) in [5.41, 5.74) is 3.01. The van der Waals surface area contributed by atoms with Gasteiger partial charge in [-0.3, -0.25) is 4.79 Å². The van der Waals surface area contributed by atoms with Crippen molar-refractivity contribution in [2.45, 2.75) is 27.2 Å². The van der Waals surface area contributed by atoms with E-state index in [4.69, 9.17) is 4.52 Å². The molecule has 0 radical (unpaired) electrons. The molecule has 0 saturated heterocycles. The summed E-state index contributed by atoms with van der Waals surface area (Å²) < 4.78 is 4.81. The molecule has 0 saturated carbocycles. The number of hydrogen-bond acceptors (Lipinski definition) is 4. The molecule has 1 heterocycles. The van der Waals surface area contributed by atoms with Crippen molar-refractivity contribution in [1.29, 1.82) is 0 Å². The molecule has 2 rings (SSSR count). The van der Waals surface area contributed by atoms with Crippen LogP contribution in [0.15, 0.2) is 22.7 Å². The molecular weight excluding hydrogens is 230 g/mol. The van der Waals surface area contributed by atoms with Crippen LogP contribution in [0.5, 0.6) is 0 Å². The number of aryl methyl sites for hydroxylation is 3. The normalized spacial score (nSPS) is 10.4. The van der Waals surface area contributed by atoms with E-state index in [9.17, 15) is 4.79 Å². The van der Waals surface area contributed by atoms with Gasteiger partial charge in [0, 0.05) is 12.6 Å². The first-order valence-electron chi connectivity index (χ1n) is 5.71. The average molecular weight is 245 g/mol. The largest absolute Gasteiger partial charge is 0.340 e. The Morgan fingerprint density at radius 3 is 2.72 bits per heavy atom. The van der Waals surface area contributed by atoms with Crippen LogP contribution in [0, 0.1) is 20.8 Å². The Bertz CT molecular complexity index is 575. The molecule has 0 bridgehead atoms. The number of nitrogens with one attached hydrogen (secondary N) is 1. The molecular formula is C13H15N3O2. The van der Waals surface area contributed by atoms with Crippen molar-refractivity contribution in [1.82, 2.24) is 10.1 Å². The van der Waals surface area contributed by atoms with Crippen molar-refractivity contribution in [2.75, 3.05) is 5.32 Å². The molecule has 0 fully saturated rings. The van der Waals surface area contributed by atoms with Gasteiger partial charge in [-0.1, -0.05) is 22.9 Å². The standard InChI is InChI=1S/C13H15N3O2/c1-8-4-5-11(9(2)6-8)15-13(17)7-12-14-10(3)18-16-12/h4-6H,7H2,1-3H3,(H,15,17). The van der Waals surface area contributed by atoms with E-state index < -0.39 is 0 Å². The maximum Gasteiger partial charge on any atom is 0.232 e. The Balaban J connectivity index is 2.03. The molecule has 1 aromatic carbocycles. The van der Waals surface area contributed by atoms with Crippen LogP contribution < -0.4 is 5.32 Å². The van der Waals surface area contributed by atoms with Gasteiger partial charge in [0.1, 0.15) is 0 Å². The van der Waals surface area contributed by atoms with Crippen molar-refractivity contribution < 1.29 is 9.32 Å². The summed E-state index contributed by atoms with van der Waals surface area (Å²) in [5, 5.41) is 6.52. The van der Waals surface area contributed by atoms with Gasteiger partial charge in [0.2, 0.25) is 11.8 Å². The first-order valence-corrected chi connectivity index (χ1v) is 5.71. The third kappa shape index (κ3) is 2.94. The smallest absolute Gasteiger partial charge is 0.232 e. The molecule has 0 aliphatic carbocycles. The lowest BCUT2D eigenvalue weighted by Gasteiger charge is -2.07. The van der Waals surface area contributed by atoms with Crippen LogP contribution in [0.4, 0.5) is 5.69 Å². The second kappa shape index (κ2) is 5.00. The molecule has 0 atom stereocenters. The van der Waals surface area contributed by atoms with E-state index in [1.807, 2.05) is 32.0 Å². The number of rotatable bonds is 3. The topological polar surface area (TPSA) is 68.0 Å². The van der Waals surface area contributed by atoms with Crippen LogP contribution in [0.2, 0.25) is 0 Å². The summed E-state index contributed by atoms with van der Waals surface area (Å²) in [4.78, 5) is 15.8. The Kier molecular flexibility index (Phi) is 3.41. The fraction of sp³-hybridized carbons (Fsp3) is 0.308. The van der Waals surface area contributed by atoms with E-state index in [0.29, 0.717) is 11.7 Å². The number of nitrogens with zero attached hydrogens (tertiary/aromatic N) is 2. The Morgan fingerprint density at radius 2 is 2.11 bits per heavy atom. The molecule has 0 unspecified atom stereocenters. The highest BCUT2D eigenvalue weighted by atomic mass is 16.5. The summed E-state index contributed by atoms with van der Waals surface area (Å²) in [6.07, 6.45) is 0.116. The lowest BCUT2D eigenvalue weighted by atomic mass is 10.1. The minimum Gasteiger partial charge on any atom is -0.340 e. The van der Waals surface area contributed by atoms with E-state index in [-0.39, 0.29) is 12.3 Å². The number of benzene rings is 1. The molecule has 2 aromatic rings. The maximum atomic E-state index is 11.8. The van der Waals surface area contributed by atoms with Crippen LogP contribution in [-0.2, 0) is 11.2 Å². The highest BCUT2D eigenvalue weighted by molar-refractivity contribution is 5.92. The molecule has 18 heavy (non-hydrogen) atoms. The van der Waals surface area contributed by atoms with E-state index >= 15 is 0 Å². The van der Waals surface area contributed by atoms with E-state index in [2.05, 4.69) is 15.5 Å². The number of anilines is 1. The zero-order valence-corrected chi connectivity index (χ0v) is 10.7. The average Bonchev–Trinajstić information content (AvgIpc) is 2.68. The van der Waals surface area contributed by atoms with E-state index in [1.165, 1.54) is 5.56 Å². The monoisotopic (exact) mass is 245 g/mol. The number of hydrogen-bond donors (Lipinski definition) is 1. The van der Waals surface area contributed by atoms with Gasteiger partial charge in [-0.05, 0) is 25.5 Å². The fourth-order valence-corrected chi connectivity index (χ4v) is 1.70. The van der Waals surface area contributed by atoms with Gasteiger partial charge in [0.15, 0.2) is 5.82 Å². The third-order valence-electron chi connectivity index (χ3n) is 2.54. The van der Waals surface area contributed by atoms with Crippen molar-refractivity contribution in [2.24, 2.45) is 0 Å². The zero-order valence-electron chi connectivity index (χ0n) is 10.7. The molecule has 0 aliphatic heterocycles. The summed E-state index contributed by atoms with van der Waals surface area (Å²) in [5.74, 6) is 0.710. The van der Waals surface area contributed by atoms with Crippen LogP contribution in [-0.4, -0.2) is 16.0 Å². The summed E-state index contributed by atoms with van der Waals surface area (Å²) in [6, 6.07) is 5.87. The number of amides is 1. The second-order valence-electron chi connectivity index (χ2n) is 4.27. The summed E-state index contributed by atoms with van der Waals surface area (Å²) in [6.45, 7) is 5.67. The van der Waals surface area contributed by atoms with Gasteiger partial charge in [0.25, 0.3) is 0 Å². The zero-order chi connectivity index (χ0) is 13.1. The molecule has 5 heteroatoms. The highest BCUT2D eigenvalue weighted by Gasteiger charge is 2.10. The Hall–Kier alpha value is -2.17. The first kappa shape index (κ1) is 12.3. The van der Waals surface area contributed by atoms with Gasteiger partial charge < -0.3 is 9.84 Å². The van der Waals surface area contributed by atoms with E-state index in [1.54, 1.807) is 6.92 Å². The third-order valence-corrected chi connectivity index (χ3v) is 2.54. The quantitative estimate of drug-likeness (QED) is 0.899. The van der Waals surface area contributed by atoms with Crippen LogP contribution in [0.3, 0.4) is 0 Å². The fourth-order valence-electron chi connectivity index (χ4n) is 1.70. The predicted molar refractivity (Wildman–Crippen MR) is 67.3 cm³/mol. The molecule has 0 aliphatic rings. The Morgan fingerprint density at radius 1 is 1.33 bits per heavy atom. The second-order valence-corrected chi connectivity index (χ2v) is 4.27. The molecule has 0 spiro atoms. The van der Waals surface area contributed by atoms with Crippen molar-refractivity contribution in [3.8, 4) is 0 Å². The van der Waals surface area contributed by atoms with Gasteiger partial charge in [-0.25, -0.2) is 0 Å². The van der Waals surface area contributed by atoms with Crippen molar-refractivity contribution in [3.05, 3.63) is 41.0 Å². The van der Waals surface area contributed by atoms with Crippen LogP contribution in [0.25, 0.3) is 0 Å². The molecule has 1 N–H and O–H groups in total. The SMILES string of the molecule is Cc1ccc(NC(=O)Cc2noc(C)n2)c(C)c1. The predicted octanol–water partition coefficient (Wildman–Crippen LogP) is 2.18. The van der Waals surface area contributed by atoms with Crippen LogP contribution in [0.1, 0.15) is 22.8 Å². The number of carbonyl (C=O) groups excluding carboxylic acids is 1. The minimum absolute atomic E-state index is 0.116. The molecule has 1 aromatic heterocycles. The lowest BCUT2D eigenvalue weighted by Crippen LogP contribution is -2.16. The maximum absolute atomic E-state index is 11.8. The summed E-state index contributed by atoms with van der Waals surface area (Å²) >= 11 is 0. The lowest BCUT2D eigenvalue weighted by molar-refractivity contribution is -0.115. The van der Waals surface area contributed by atoms with Gasteiger partial charge in [0.05, 0.1) is 6.42 Å². The number of aromatic nitrogens is 2. The highest BCUT2D eigenvalue weighted by Crippen LogP contribution is 2.16. The van der Waals surface area contributed by atoms with Crippen LogP contribution >= 0.6 is 0 Å². The minimum atomic E-state index is -0.150. The molecule has 94 valence electrons. The van der Waals surface area contributed by atoms with Gasteiger partial charge >= 0.3 is 0 Å². The molecule has 5 nitrogen and oxygen atoms in total. The van der Waals surface area contributed by atoms with Gasteiger partial charge in [-0.15, -0.1) is 0 Å². The van der Waals surface area contributed by atoms with E-state index in [0.717, 1.165) is 11.3 Å². The molecule has 1 amide bonds. The van der Waals surface area contributed by atoms with Crippen molar-refractivity contribution >= 4 is 11.6 Å².